The van der Waals surface area contributed by atoms with E-state index in [2.05, 4.69) is 5.32 Å². The molecule has 0 saturated heterocycles. The van der Waals surface area contributed by atoms with Crippen LogP contribution in [0.1, 0.15) is 6.92 Å². The van der Waals surface area contributed by atoms with Gasteiger partial charge in [0.15, 0.2) is 0 Å². The Labute approximate surface area is 81.3 Å². The van der Waals surface area contributed by atoms with Crippen LogP contribution >= 0.6 is 11.6 Å². The van der Waals surface area contributed by atoms with E-state index in [-0.39, 0.29) is 0 Å². The molecule has 0 fully saturated rings. The van der Waals surface area contributed by atoms with Crippen LogP contribution in [0.15, 0.2) is 24.3 Å². The van der Waals surface area contributed by atoms with Gasteiger partial charge >= 0.3 is 5.97 Å². The Balaban J connectivity index is 2.64. The molecule has 0 spiro atoms. The van der Waals surface area contributed by atoms with E-state index < -0.39 is 12.0 Å². The van der Waals surface area contributed by atoms with Gasteiger partial charge in [0.25, 0.3) is 0 Å². The first-order valence-electron chi connectivity index (χ1n) is 3.84. The summed E-state index contributed by atoms with van der Waals surface area (Å²) in [7, 11) is 0. The SMILES string of the molecule is CC(Nc1ccc(Cl)cc1)C(=O)O. The van der Waals surface area contributed by atoms with E-state index in [4.69, 9.17) is 16.7 Å². The molecular weight excluding hydrogens is 190 g/mol. The summed E-state index contributed by atoms with van der Waals surface area (Å²) >= 11 is 5.67. The highest BCUT2D eigenvalue weighted by Crippen LogP contribution is 2.13. The van der Waals surface area contributed by atoms with Crippen molar-refractivity contribution in [2.75, 3.05) is 5.32 Å². The van der Waals surface area contributed by atoms with Gasteiger partial charge in [0.05, 0.1) is 0 Å². The topological polar surface area (TPSA) is 49.3 Å². The molecule has 0 aliphatic heterocycles. The van der Waals surface area contributed by atoms with E-state index in [1.807, 2.05) is 0 Å². The fourth-order valence-electron chi connectivity index (χ4n) is 0.858. The number of hydrogen-bond donors (Lipinski definition) is 2. The molecule has 1 unspecified atom stereocenters. The molecule has 70 valence electrons. The third-order valence-electron chi connectivity index (χ3n) is 1.60. The summed E-state index contributed by atoms with van der Waals surface area (Å²) in [6, 6.07) is 6.29. The lowest BCUT2D eigenvalue weighted by Crippen LogP contribution is -2.25. The van der Waals surface area contributed by atoms with Gasteiger partial charge in [-0.25, -0.2) is 0 Å². The van der Waals surface area contributed by atoms with Gasteiger partial charge in [-0.2, -0.15) is 0 Å². The lowest BCUT2D eigenvalue weighted by molar-refractivity contribution is -0.137. The second-order valence-electron chi connectivity index (χ2n) is 2.71. The molecule has 0 radical (unpaired) electrons. The number of carboxylic acid groups (broad SMARTS) is 1. The van der Waals surface area contributed by atoms with Gasteiger partial charge in [0.1, 0.15) is 6.04 Å². The number of carboxylic acids is 1. The number of anilines is 1. The summed E-state index contributed by atoms with van der Waals surface area (Å²) in [6.07, 6.45) is 0. The van der Waals surface area contributed by atoms with Crippen molar-refractivity contribution in [3.8, 4) is 0 Å². The minimum absolute atomic E-state index is 0.596. The third kappa shape index (κ3) is 2.95. The van der Waals surface area contributed by atoms with Gasteiger partial charge in [-0.1, -0.05) is 11.6 Å². The molecule has 0 amide bonds. The average molecular weight is 200 g/mol. The third-order valence-corrected chi connectivity index (χ3v) is 1.85. The molecule has 2 N–H and O–H groups in total. The van der Waals surface area contributed by atoms with Crippen molar-refractivity contribution in [2.24, 2.45) is 0 Å². The smallest absolute Gasteiger partial charge is 0.325 e. The molecule has 13 heavy (non-hydrogen) atoms. The fourth-order valence-corrected chi connectivity index (χ4v) is 0.984. The number of benzene rings is 1. The van der Waals surface area contributed by atoms with Crippen molar-refractivity contribution in [2.45, 2.75) is 13.0 Å². The number of aliphatic carboxylic acids is 1. The highest BCUT2D eigenvalue weighted by Gasteiger charge is 2.09. The number of carbonyl (C=O) groups is 1. The number of hydrogen-bond acceptors (Lipinski definition) is 2. The molecule has 3 nitrogen and oxygen atoms in total. The predicted octanol–water partition coefficient (Wildman–Crippen LogP) is 2.22. The second kappa shape index (κ2) is 4.14. The van der Waals surface area contributed by atoms with Crippen LogP contribution in [-0.2, 0) is 4.79 Å². The van der Waals surface area contributed by atoms with Crippen LogP contribution in [0.2, 0.25) is 5.02 Å². The largest absolute Gasteiger partial charge is 0.480 e. The van der Waals surface area contributed by atoms with E-state index in [0.717, 1.165) is 5.69 Å². The van der Waals surface area contributed by atoms with Gasteiger partial charge in [-0.05, 0) is 31.2 Å². The van der Waals surface area contributed by atoms with Crippen LogP contribution in [0, 0.1) is 0 Å². The zero-order valence-corrected chi connectivity index (χ0v) is 7.88. The first-order chi connectivity index (χ1) is 6.09. The first kappa shape index (κ1) is 9.86. The molecular formula is C9H10ClNO2. The summed E-state index contributed by atoms with van der Waals surface area (Å²) in [4.78, 5) is 10.5. The van der Waals surface area contributed by atoms with Crippen LogP contribution in [0.4, 0.5) is 5.69 Å². The average Bonchev–Trinajstić information content (AvgIpc) is 2.08. The maximum absolute atomic E-state index is 10.5. The van der Waals surface area contributed by atoms with Crippen LogP contribution < -0.4 is 5.32 Å². The molecule has 0 aliphatic rings. The zero-order chi connectivity index (χ0) is 9.84. The standard InChI is InChI=1S/C9H10ClNO2/c1-6(9(12)13)11-8-4-2-7(10)3-5-8/h2-6,11H,1H3,(H,12,13). The van der Waals surface area contributed by atoms with Crippen molar-refractivity contribution in [3.05, 3.63) is 29.3 Å². The Bertz CT molecular complexity index is 297. The summed E-state index contributed by atoms with van der Waals surface area (Å²) in [5.41, 5.74) is 0.749. The highest BCUT2D eigenvalue weighted by molar-refractivity contribution is 6.30. The summed E-state index contributed by atoms with van der Waals surface area (Å²) < 4.78 is 0. The van der Waals surface area contributed by atoms with E-state index >= 15 is 0 Å². The minimum atomic E-state index is -0.880. The molecule has 0 aromatic heterocycles. The van der Waals surface area contributed by atoms with Crippen molar-refractivity contribution in [1.82, 2.24) is 0 Å². The van der Waals surface area contributed by atoms with E-state index in [0.29, 0.717) is 5.02 Å². The summed E-state index contributed by atoms with van der Waals surface area (Å²) in [5.74, 6) is -0.880. The van der Waals surface area contributed by atoms with Crippen molar-refractivity contribution in [3.63, 3.8) is 0 Å². The number of rotatable bonds is 3. The van der Waals surface area contributed by atoms with Gasteiger partial charge < -0.3 is 10.4 Å². The quantitative estimate of drug-likeness (QED) is 0.785. The lowest BCUT2D eigenvalue weighted by Gasteiger charge is -2.09. The van der Waals surface area contributed by atoms with Gasteiger partial charge in [0, 0.05) is 10.7 Å². The van der Waals surface area contributed by atoms with Crippen molar-refractivity contribution in [1.29, 1.82) is 0 Å². The zero-order valence-electron chi connectivity index (χ0n) is 7.12. The number of nitrogens with one attached hydrogen (secondary N) is 1. The normalized spacial score (nSPS) is 12.2. The Morgan fingerprint density at radius 3 is 2.46 bits per heavy atom. The van der Waals surface area contributed by atoms with E-state index in [1.165, 1.54) is 0 Å². The molecule has 1 aromatic carbocycles. The molecule has 1 aromatic rings. The summed E-state index contributed by atoms with van der Waals surface area (Å²) in [5, 5.41) is 12.1. The van der Waals surface area contributed by atoms with Gasteiger partial charge in [0.2, 0.25) is 0 Å². The first-order valence-corrected chi connectivity index (χ1v) is 4.22. The molecule has 1 rings (SSSR count). The maximum atomic E-state index is 10.5. The molecule has 0 bridgehead atoms. The molecule has 4 heteroatoms. The minimum Gasteiger partial charge on any atom is -0.480 e. The van der Waals surface area contributed by atoms with Crippen molar-refractivity contribution >= 4 is 23.3 Å². The predicted molar refractivity (Wildman–Crippen MR) is 52.2 cm³/mol. The van der Waals surface area contributed by atoms with E-state index in [1.54, 1.807) is 31.2 Å². The van der Waals surface area contributed by atoms with Crippen LogP contribution in [-0.4, -0.2) is 17.1 Å². The molecule has 0 saturated carbocycles. The Morgan fingerprint density at radius 1 is 1.46 bits per heavy atom. The highest BCUT2D eigenvalue weighted by atomic mass is 35.5. The Morgan fingerprint density at radius 2 is 2.00 bits per heavy atom. The van der Waals surface area contributed by atoms with Gasteiger partial charge in [-0.15, -0.1) is 0 Å². The second-order valence-corrected chi connectivity index (χ2v) is 3.15. The molecule has 0 aliphatic carbocycles. The fraction of sp³-hybridized carbons (Fsp3) is 0.222. The van der Waals surface area contributed by atoms with Crippen LogP contribution in [0.3, 0.4) is 0 Å². The van der Waals surface area contributed by atoms with Crippen molar-refractivity contribution < 1.29 is 9.90 Å². The maximum Gasteiger partial charge on any atom is 0.325 e. The number of halogens is 1. The Hall–Kier alpha value is -1.22. The summed E-state index contributed by atoms with van der Waals surface area (Å²) in [6.45, 7) is 1.58. The molecule has 1 atom stereocenters. The van der Waals surface area contributed by atoms with E-state index in [9.17, 15) is 4.79 Å². The monoisotopic (exact) mass is 199 g/mol. The Kier molecular flexibility index (Phi) is 3.14. The van der Waals surface area contributed by atoms with Crippen LogP contribution in [0.25, 0.3) is 0 Å². The van der Waals surface area contributed by atoms with Crippen LogP contribution in [0.5, 0.6) is 0 Å². The van der Waals surface area contributed by atoms with Gasteiger partial charge in [-0.3, -0.25) is 4.79 Å². The molecule has 0 heterocycles. The lowest BCUT2D eigenvalue weighted by atomic mass is 10.3.